The number of rotatable bonds is 8. The van der Waals surface area contributed by atoms with Gasteiger partial charge in [-0.05, 0) is 42.5 Å². The molecule has 168 valence electrons. The molecule has 0 saturated carbocycles. The molecule has 0 bridgehead atoms. The Labute approximate surface area is 194 Å². The molecule has 1 heterocycles. The third-order valence-electron chi connectivity index (χ3n) is 5.77. The topological polar surface area (TPSA) is 58.6 Å². The van der Waals surface area contributed by atoms with Crippen LogP contribution in [0.2, 0.25) is 5.02 Å². The number of hydrogen-bond acceptors (Lipinski definition) is 5. The fourth-order valence-electron chi connectivity index (χ4n) is 3.89. The summed E-state index contributed by atoms with van der Waals surface area (Å²) in [5.41, 5.74) is 5.51. The first kappa shape index (κ1) is 23.6. The van der Waals surface area contributed by atoms with Gasteiger partial charge in [-0.3, -0.25) is 0 Å². The van der Waals surface area contributed by atoms with Crippen molar-refractivity contribution < 1.29 is 14.3 Å². The number of esters is 1. The molecule has 2 atom stereocenters. The van der Waals surface area contributed by atoms with E-state index >= 15 is 0 Å². The largest absolute Gasteiger partial charge is 0.466 e. The maximum atomic E-state index is 12.5. The first-order valence-electron chi connectivity index (χ1n) is 10.6. The second-order valence-corrected chi connectivity index (χ2v) is 8.63. The minimum Gasteiger partial charge on any atom is -0.466 e. The molecule has 2 aromatic rings. The van der Waals surface area contributed by atoms with Gasteiger partial charge in [0, 0.05) is 49.0 Å². The molecule has 0 amide bonds. The summed E-state index contributed by atoms with van der Waals surface area (Å²) >= 11 is 6.63. The number of aryl methyl sites for hydroxylation is 1. The quantitative estimate of drug-likeness (QED) is 0.445. The summed E-state index contributed by atoms with van der Waals surface area (Å²) in [6.07, 6.45) is 5.71. The zero-order valence-electron chi connectivity index (χ0n) is 18.9. The van der Waals surface area contributed by atoms with E-state index in [2.05, 4.69) is 29.6 Å². The second-order valence-electron chi connectivity index (χ2n) is 8.22. The Morgan fingerprint density at radius 2 is 1.94 bits per heavy atom. The van der Waals surface area contributed by atoms with Crippen LogP contribution in [0.1, 0.15) is 41.4 Å². The number of halogens is 1. The van der Waals surface area contributed by atoms with E-state index in [9.17, 15) is 9.59 Å². The SMILES string of the molecule is COC(=O)C1=CNC(CC(CC=O)c2ccc(C)cc2)=CC1c1ccc(N(C)C)cc1Cl. The highest BCUT2D eigenvalue weighted by molar-refractivity contribution is 6.31. The minimum atomic E-state index is -0.409. The lowest BCUT2D eigenvalue weighted by Crippen LogP contribution is -2.23. The fourth-order valence-corrected chi connectivity index (χ4v) is 4.18. The van der Waals surface area contributed by atoms with Crippen LogP contribution in [0.4, 0.5) is 5.69 Å². The summed E-state index contributed by atoms with van der Waals surface area (Å²) in [4.78, 5) is 25.8. The average Bonchev–Trinajstić information content (AvgIpc) is 2.78. The number of ether oxygens (including phenoxy) is 1. The summed E-state index contributed by atoms with van der Waals surface area (Å²) in [6, 6.07) is 14.1. The predicted octanol–water partition coefficient (Wildman–Crippen LogP) is 5.10. The maximum absolute atomic E-state index is 12.5. The van der Waals surface area contributed by atoms with Crippen LogP contribution in [-0.2, 0) is 14.3 Å². The molecule has 0 aliphatic carbocycles. The van der Waals surface area contributed by atoms with Crippen LogP contribution in [0.5, 0.6) is 0 Å². The van der Waals surface area contributed by atoms with Crippen LogP contribution in [0.15, 0.2) is 66.0 Å². The van der Waals surface area contributed by atoms with Crippen molar-refractivity contribution in [2.45, 2.75) is 31.6 Å². The first-order chi connectivity index (χ1) is 15.3. The van der Waals surface area contributed by atoms with Crippen LogP contribution in [0.3, 0.4) is 0 Å². The molecule has 1 aliphatic rings. The van der Waals surface area contributed by atoms with E-state index in [1.54, 1.807) is 6.20 Å². The van der Waals surface area contributed by atoms with E-state index in [-0.39, 0.29) is 11.8 Å². The van der Waals surface area contributed by atoms with Crippen LogP contribution < -0.4 is 10.2 Å². The third kappa shape index (κ3) is 5.40. The van der Waals surface area contributed by atoms with Crippen LogP contribution >= 0.6 is 11.6 Å². The molecule has 2 unspecified atom stereocenters. The molecular formula is C26H29ClN2O3. The van der Waals surface area contributed by atoms with Crippen LogP contribution in [0, 0.1) is 6.92 Å². The van der Waals surface area contributed by atoms with E-state index in [1.165, 1.54) is 12.7 Å². The lowest BCUT2D eigenvalue weighted by molar-refractivity contribution is -0.136. The molecule has 1 aliphatic heterocycles. The molecule has 1 N–H and O–H groups in total. The second kappa shape index (κ2) is 10.5. The van der Waals surface area contributed by atoms with Crippen LogP contribution in [-0.4, -0.2) is 33.5 Å². The maximum Gasteiger partial charge on any atom is 0.336 e. The monoisotopic (exact) mass is 452 g/mol. The smallest absolute Gasteiger partial charge is 0.336 e. The molecule has 32 heavy (non-hydrogen) atoms. The molecule has 0 fully saturated rings. The van der Waals surface area contributed by atoms with Crippen molar-refractivity contribution in [3.05, 3.63) is 87.7 Å². The van der Waals surface area contributed by atoms with Crippen molar-refractivity contribution in [1.82, 2.24) is 5.32 Å². The third-order valence-corrected chi connectivity index (χ3v) is 6.10. The zero-order valence-corrected chi connectivity index (χ0v) is 19.6. The van der Waals surface area contributed by atoms with E-state index in [0.717, 1.165) is 28.8 Å². The van der Waals surface area contributed by atoms with E-state index in [1.807, 2.05) is 50.2 Å². The van der Waals surface area contributed by atoms with Gasteiger partial charge in [0.1, 0.15) is 6.29 Å². The van der Waals surface area contributed by atoms with Gasteiger partial charge in [0.2, 0.25) is 0 Å². The lowest BCUT2D eigenvalue weighted by Gasteiger charge is -2.26. The van der Waals surface area contributed by atoms with Gasteiger partial charge in [0.25, 0.3) is 0 Å². The number of dihydropyridines is 1. The van der Waals surface area contributed by atoms with E-state index in [4.69, 9.17) is 16.3 Å². The standard InChI is InChI=1S/C26H29ClN2O3/c1-17-5-7-18(8-6-17)19(11-12-30)13-20-14-23(24(16-28-20)26(31)32-4)22-10-9-21(29(2)3)15-25(22)27/h5-10,12,14-16,19,23,28H,11,13H2,1-4H3. The highest BCUT2D eigenvalue weighted by Crippen LogP contribution is 2.38. The Balaban J connectivity index is 1.95. The average molecular weight is 453 g/mol. The summed E-state index contributed by atoms with van der Waals surface area (Å²) in [5.74, 6) is -0.724. The van der Waals surface area contributed by atoms with Crippen molar-refractivity contribution in [3.8, 4) is 0 Å². The van der Waals surface area contributed by atoms with Crippen molar-refractivity contribution in [2.24, 2.45) is 0 Å². The fraction of sp³-hybridized carbons (Fsp3) is 0.308. The van der Waals surface area contributed by atoms with Crippen molar-refractivity contribution in [3.63, 3.8) is 0 Å². The van der Waals surface area contributed by atoms with Crippen molar-refractivity contribution >= 4 is 29.5 Å². The van der Waals surface area contributed by atoms with E-state index < -0.39 is 5.97 Å². The number of nitrogens with zero attached hydrogens (tertiary/aromatic N) is 1. The molecule has 0 aromatic heterocycles. The molecule has 6 heteroatoms. The van der Waals surface area contributed by atoms with E-state index in [0.29, 0.717) is 23.4 Å². The normalized spacial score (nSPS) is 16.3. The van der Waals surface area contributed by atoms with Gasteiger partial charge in [0.05, 0.1) is 12.7 Å². The Kier molecular flexibility index (Phi) is 7.75. The van der Waals surface area contributed by atoms with Crippen molar-refractivity contribution in [1.29, 1.82) is 0 Å². The summed E-state index contributed by atoms with van der Waals surface area (Å²) in [7, 11) is 5.27. The molecule has 3 rings (SSSR count). The molecule has 0 radical (unpaired) electrons. The van der Waals surface area contributed by atoms with Gasteiger partial charge in [-0.15, -0.1) is 0 Å². The molecule has 5 nitrogen and oxygen atoms in total. The highest BCUT2D eigenvalue weighted by atomic mass is 35.5. The molecule has 0 saturated heterocycles. The van der Waals surface area contributed by atoms with Crippen LogP contribution in [0.25, 0.3) is 0 Å². The summed E-state index contributed by atoms with van der Waals surface area (Å²) < 4.78 is 5.00. The zero-order chi connectivity index (χ0) is 23.3. The van der Waals surface area contributed by atoms with Gasteiger partial charge in [0.15, 0.2) is 0 Å². The number of allylic oxidation sites excluding steroid dienone is 2. The van der Waals surface area contributed by atoms with Gasteiger partial charge >= 0.3 is 5.97 Å². The summed E-state index contributed by atoms with van der Waals surface area (Å²) in [5, 5.41) is 3.81. The number of aldehydes is 1. The molecular weight excluding hydrogens is 424 g/mol. The predicted molar refractivity (Wildman–Crippen MR) is 129 cm³/mol. The van der Waals surface area contributed by atoms with Gasteiger partial charge in [-0.1, -0.05) is 53.6 Å². The number of methoxy groups -OCH3 is 1. The number of anilines is 1. The van der Waals surface area contributed by atoms with Gasteiger partial charge in [-0.25, -0.2) is 4.79 Å². The summed E-state index contributed by atoms with van der Waals surface area (Å²) in [6.45, 7) is 2.04. The Bertz CT molecular complexity index is 1040. The lowest BCUT2D eigenvalue weighted by atomic mass is 9.85. The molecule has 2 aromatic carbocycles. The Morgan fingerprint density at radius 1 is 1.22 bits per heavy atom. The number of carbonyl (C=O) groups is 2. The van der Waals surface area contributed by atoms with Gasteiger partial charge in [-0.2, -0.15) is 0 Å². The highest BCUT2D eigenvalue weighted by Gasteiger charge is 2.28. The number of benzene rings is 2. The Hall–Kier alpha value is -3.05. The number of hydrogen-bond donors (Lipinski definition) is 1. The number of nitrogens with one attached hydrogen (secondary N) is 1. The first-order valence-corrected chi connectivity index (χ1v) is 10.9. The number of carbonyl (C=O) groups excluding carboxylic acids is 2. The molecule has 0 spiro atoms. The Morgan fingerprint density at radius 3 is 2.53 bits per heavy atom. The minimum absolute atomic E-state index is 0.0344. The van der Waals surface area contributed by atoms with Crippen molar-refractivity contribution in [2.75, 3.05) is 26.1 Å². The van der Waals surface area contributed by atoms with Gasteiger partial charge < -0.3 is 19.7 Å².